The highest BCUT2D eigenvalue weighted by Gasteiger charge is 2.20. The molecular formula is C66H39N3S2. The van der Waals surface area contributed by atoms with Gasteiger partial charge in [-0.25, -0.2) is 0 Å². The topological polar surface area (TPSA) is 14.8 Å². The molecule has 0 aliphatic heterocycles. The third-order valence-electron chi connectivity index (χ3n) is 15.0. The summed E-state index contributed by atoms with van der Waals surface area (Å²) in [5.74, 6) is 0. The predicted molar refractivity (Wildman–Crippen MR) is 306 cm³/mol. The number of nitrogens with zero attached hydrogens (tertiary/aromatic N) is 3. The lowest BCUT2D eigenvalue weighted by atomic mass is 9.96. The first-order valence-corrected chi connectivity index (χ1v) is 25.9. The maximum absolute atomic E-state index is 2.46. The maximum Gasteiger partial charge on any atom is 0.0541 e. The third-order valence-corrected chi connectivity index (χ3v) is 17.3. The highest BCUT2D eigenvalue weighted by molar-refractivity contribution is 7.26. The van der Waals surface area contributed by atoms with Crippen LogP contribution in [0.4, 0.5) is 0 Å². The average molecular weight is 938 g/mol. The summed E-state index contributed by atoms with van der Waals surface area (Å²) in [6, 6.07) is 88.3. The number of para-hydroxylation sites is 4. The third kappa shape index (κ3) is 5.76. The summed E-state index contributed by atoms with van der Waals surface area (Å²) >= 11 is 3.73. The number of rotatable bonds is 5. The van der Waals surface area contributed by atoms with Gasteiger partial charge in [0.2, 0.25) is 0 Å². The molecule has 3 nitrogen and oxygen atoms in total. The summed E-state index contributed by atoms with van der Waals surface area (Å²) in [4.78, 5) is 0. The van der Waals surface area contributed by atoms with Crippen LogP contribution in [-0.2, 0) is 0 Å². The molecule has 0 saturated carbocycles. The Hall–Kier alpha value is -8.74. The van der Waals surface area contributed by atoms with Crippen molar-refractivity contribution in [2.75, 3.05) is 0 Å². The highest BCUT2D eigenvalue weighted by atomic mass is 32.1. The second kappa shape index (κ2) is 14.9. The molecule has 0 fully saturated rings. The second-order valence-electron chi connectivity index (χ2n) is 18.9. The Morgan fingerprint density at radius 3 is 0.972 bits per heavy atom. The van der Waals surface area contributed by atoms with Crippen LogP contribution in [0.3, 0.4) is 0 Å². The number of fused-ring (bicyclic) bond motifs is 15. The van der Waals surface area contributed by atoms with Crippen molar-refractivity contribution >= 4 is 128 Å². The van der Waals surface area contributed by atoms with Gasteiger partial charge >= 0.3 is 0 Å². The van der Waals surface area contributed by atoms with Crippen LogP contribution in [0, 0.1) is 0 Å². The lowest BCUT2D eigenvalue weighted by Crippen LogP contribution is -1.96. The van der Waals surface area contributed by atoms with Crippen LogP contribution < -0.4 is 0 Å². The van der Waals surface area contributed by atoms with Gasteiger partial charge in [0.05, 0.1) is 33.1 Å². The summed E-state index contributed by atoms with van der Waals surface area (Å²) < 4.78 is 12.6. The van der Waals surface area contributed by atoms with Gasteiger partial charge in [-0.1, -0.05) is 121 Å². The number of hydrogen-bond acceptors (Lipinski definition) is 2. The van der Waals surface area contributed by atoms with Gasteiger partial charge in [0, 0.05) is 89.7 Å². The van der Waals surface area contributed by atoms with Crippen molar-refractivity contribution in [2.45, 2.75) is 0 Å². The Morgan fingerprint density at radius 2 is 0.535 bits per heavy atom. The first-order valence-electron chi connectivity index (χ1n) is 24.2. The van der Waals surface area contributed by atoms with E-state index in [2.05, 4.69) is 250 Å². The van der Waals surface area contributed by atoms with Crippen molar-refractivity contribution in [3.8, 4) is 39.3 Å². The van der Waals surface area contributed by atoms with E-state index in [0.717, 1.165) is 5.69 Å². The molecule has 71 heavy (non-hydrogen) atoms. The van der Waals surface area contributed by atoms with Crippen molar-refractivity contribution in [3.63, 3.8) is 0 Å². The van der Waals surface area contributed by atoms with Gasteiger partial charge in [0.15, 0.2) is 0 Å². The molecule has 5 heterocycles. The molecule has 16 aromatic rings. The molecule has 0 radical (unpaired) electrons. The molecule has 0 aliphatic carbocycles. The minimum atomic E-state index is 1.13. The van der Waals surface area contributed by atoms with E-state index in [1.807, 2.05) is 22.7 Å². The molecule has 0 atom stereocenters. The monoisotopic (exact) mass is 937 g/mol. The van der Waals surface area contributed by atoms with Gasteiger partial charge in [-0.05, 0) is 138 Å². The summed E-state index contributed by atoms with van der Waals surface area (Å²) in [5, 5.41) is 12.7. The van der Waals surface area contributed by atoms with Crippen LogP contribution in [-0.4, -0.2) is 13.7 Å². The van der Waals surface area contributed by atoms with Gasteiger partial charge in [-0.2, -0.15) is 0 Å². The second-order valence-corrected chi connectivity index (χ2v) is 21.0. The van der Waals surface area contributed by atoms with Crippen LogP contribution in [0.2, 0.25) is 0 Å². The first kappa shape index (κ1) is 39.1. The van der Waals surface area contributed by atoms with E-state index in [0.29, 0.717) is 0 Å². The van der Waals surface area contributed by atoms with Gasteiger partial charge in [0.1, 0.15) is 0 Å². The smallest absolute Gasteiger partial charge is 0.0541 e. The first-order chi connectivity index (χ1) is 35.2. The molecule has 0 aliphatic rings. The normalized spacial score (nSPS) is 12.2. The number of benzene rings is 11. The predicted octanol–water partition coefficient (Wildman–Crippen LogP) is 19.0. The van der Waals surface area contributed by atoms with E-state index in [9.17, 15) is 0 Å². The Labute approximate surface area is 415 Å². The largest absolute Gasteiger partial charge is 0.309 e. The quantitative estimate of drug-likeness (QED) is 0.163. The van der Waals surface area contributed by atoms with Gasteiger partial charge in [-0.15, -0.1) is 22.7 Å². The molecule has 11 aromatic carbocycles. The van der Waals surface area contributed by atoms with Crippen molar-refractivity contribution in [2.24, 2.45) is 0 Å². The van der Waals surface area contributed by atoms with Crippen molar-refractivity contribution in [3.05, 3.63) is 237 Å². The molecule has 5 aromatic heterocycles. The van der Waals surface area contributed by atoms with Gasteiger partial charge in [-0.3, -0.25) is 0 Å². The van der Waals surface area contributed by atoms with Crippen LogP contribution in [0.25, 0.3) is 145 Å². The minimum absolute atomic E-state index is 1.13. The lowest BCUT2D eigenvalue weighted by Gasteiger charge is -2.15. The average Bonchev–Trinajstić information content (AvgIpc) is 4.24. The van der Waals surface area contributed by atoms with Crippen molar-refractivity contribution < 1.29 is 0 Å². The SMILES string of the molecule is c1ccc2c(c1)sc1ccc(-n3c4ccccc4c4cc(-c5cc(-c6ccc7c(c6)c6ccccc6n7-c6ccc7sc8ccccc8c7c6)cc(-n6c7ccccc7c7ccccc76)c5)ccc43)cc12. The summed E-state index contributed by atoms with van der Waals surface area (Å²) in [6.45, 7) is 0. The Kier molecular flexibility index (Phi) is 8.20. The molecular weight excluding hydrogens is 899 g/mol. The number of aromatic nitrogens is 3. The Bertz CT molecular complexity index is 4590. The van der Waals surface area contributed by atoms with E-state index >= 15 is 0 Å². The zero-order chi connectivity index (χ0) is 46.3. The van der Waals surface area contributed by atoms with Crippen LogP contribution >= 0.6 is 22.7 Å². The minimum Gasteiger partial charge on any atom is -0.309 e. The fourth-order valence-electron chi connectivity index (χ4n) is 11.8. The molecule has 0 unspecified atom stereocenters. The van der Waals surface area contributed by atoms with Crippen molar-refractivity contribution in [1.29, 1.82) is 0 Å². The Morgan fingerprint density at radius 1 is 0.197 bits per heavy atom. The van der Waals surface area contributed by atoms with Gasteiger partial charge < -0.3 is 13.7 Å². The number of thiophene rings is 2. The zero-order valence-corrected chi connectivity index (χ0v) is 39.8. The summed E-state index contributed by atoms with van der Waals surface area (Å²) in [7, 11) is 0. The van der Waals surface area contributed by atoms with E-state index in [4.69, 9.17) is 0 Å². The molecule has 0 N–H and O–H groups in total. The molecule has 16 rings (SSSR count). The summed E-state index contributed by atoms with van der Waals surface area (Å²) in [6.07, 6.45) is 0. The molecule has 0 bridgehead atoms. The lowest BCUT2D eigenvalue weighted by molar-refractivity contribution is 1.18. The molecule has 5 heteroatoms. The number of hydrogen-bond donors (Lipinski definition) is 0. The van der Waals surface area contributed by atoms with Gasteiger partial charge in [0.25, 0.3) is 0 Å². The van der Waals surface area contributed by atoms with Crippen LogP contribution in [0.15, 0.2) is 237 Å². The highest BCUT2D eigenvalue weighted by Crippen LogP contribution is 2.43. The molecule has 0 spiro atoms. The van der Waals surface area contributed by atoms with E-state index < -0.39 is 0 Å². The van der Waals surface area contributed by atoms with E-state index in [1.165, 1.54) is 139 Å². The van der Waals surface area contributed by atoms with Crippen molar-refractivity contribution in [1.82, 2.24) is 13.7 Å². The summed E-state index contributed by atoms with van der Waals surface area (Å²) in [5.41, 5.74) is 15.4. The maximum atomic E-state index is 2.46. The van der Waals surface area contributed by atoms with E-state index in [1.54, 1.807) is 0 Å². The fourth-order valence-corrected chi connectivity index (χ4v) is 14.0. The molecule has 330 valence electrons. The van der Waals surface area contributed by atoms with Crippen LogP contribution in [0.1, 0.15) is 0 Å². The fraction of sp³-hybridized carbons (Fsp3) is 0. The Balaban J connectivity index is 0.911. The zero-order valence-electron chi connectivity index (χ0n) is 38.2. The van der Waals surface area contributed by atoms with Crippen LogP contribution in [0.5, 0.6) is 0 Å². The molecule has 0 amide bonds. The van der Waals surface area contributed by atoms with E-state index in [-0.39, 0.29) is 0 Å². The molecule has 0 saturated heterocycles. The standard InChI is InChI=1S/C66H39N3S2/c1-7-19-57-47(13-1)48-14-2-8-20-58(48)69(57)46-34-42(40-25-29-61-53(36-40)49-15-3-9-21-59(49)67(61)44-27-31-65-55(38-44)51-17-5-11-23-63(51)70-65)33-43(35-46)41-26-30-62-54(37-41)50-16-4-10-22-60(50)68(62)45-28-32-66-56(39-45)52-18-6-12-24-64(52)71-66/h1-39H.